The van der Waals surface area contributed by atoms with Crippen LogP contribution in [0.5, 0.6) is 0 Å². The molecule has 1 aliphatic carbocycles. The molecule has 0 bridgehead atoms. The Kier molecular flexibility index (Phi) is 2.78. The molecule has 0 spiro atoms. The summed E-state index contributed by atoms with van der Waals surface area (Å²) >= 11 is 1.42. The fourth-order valence-electron chi connectivity index (χ4n) is 2.97. The largest absolute Gasteiger partial charge is 0.480 e. The molecular formula is C12H15NO4S2. The van der Waals surface area contributed by atoms with E-state index in [4.69, 9.17) is 0 Å². The van der Waals surface area contributed by atoms with Crippen LogP contribution in [-0.4, -0.2) is 36.4 Å². The molecule has 1 N–H and O–H groups in total. The Hall–Kier alpha value is -0.920. The maximum absolute atomic E-state index is 12.6. The molecule has 2 aliphatic rings. The number of thiophene rings is 1. The Morgan fingerprint density at radius 1 is 1.47 bits per heavy atom. The average molecular weight is 301 g/mol. The van der Waals surface area contributed by atoms with Gasteiger partial charge in [-0.15, -0.1) is 11.3 Å². The van der Waals surface area contributed by atoms with Crippen LogP contribution in [0.15, 0.2) is 11.0 Å². The van der Waals surface area contributed by atoms with E-state index in [1.165, 1.54) is 15.6 Å². The van der Waals surface area contributed by atoms with E-state index in [-0.39, 0.29) is 16.7 Å². The first-order valence-corrected chi connectivity index (χ1v) is 8.39. The van der Waals surface area contributed by atoms with Crippen molar-refractivity contribution in [2.75, 3.05) is 6.54 Å². The predicted molar refractivity (Wildman–Crippen MR) is 70.7 cm³/mol. The van der Waals surface area contributed by atoms with Gasteiger partial charge in [-0.25, -0.2) is 8.42 Å². The Bertz CT molecular complexity index is 649. The van der Waals surface area contributed by atoms with Crippen LogP contribution in [0.3, 0.4) is 0 Å². The molecule has 0 unspecified atom stereocenters. The van der Waals surface area contributed by atoms with Crippen molar-refractivity contribution < 1.29 is 18.3 Å². The number of aryl methyl sites for hydroxylation is 2. The highest BCUT2D eigenvalue weighted by Crippen LogP contribution is 2.51. The quantitative estimate of drug-likeness (QED) is 0.917. The smallest absolute Gasteiger partial charge is 0.322 e. The molecule has 5 nitrogen and oxygen atoms in total. The van der Waals surface area contributed by atoms with Crippen molar-refractivity contribution in [3.63, 3.8) is 0 Å². The number of hydrogen-bond acceptors (Lipinski definition) is 4. The van der Waals surface area contributed by atoms with Gasteiger partial charge in [0.2, 0.25) is 10.0 Å². The second-order valence-electron chi connectivity index (χ2n) is 5.29. The van der Waals surface area contributed by atoms with Gasteiger partial charge in [-0.05, 0) is 38.2 Å². The number of hydrogen-bond donors (Lipinski definition) is 1. The normalized spacial score (nSPS) is 30.3. The molecule has 3 rings (SSSR count). The molecule has 1 aromatic rings. The Morgan fingerprint density at radius 3 is 2.68 bits per heavy atom. The van der Waals surface area contributed by atoms with Gasteiger partial charge in [-0.2, -0.15) is 4.31 Å². The Morgan fingerprint density at radius 2 is 2.16 bits per heavy atom. The minimum atomic E-state index is -3.68. The van der Waals surface area contributed by atoms with Crippen LogP contribution in [-0.2, 0) is 14.8 Å². The summed E-state index contributed by atoms with van der Waals surface area (Å²) in [5.74, 6) is -0.790. The summed E-state index contributed by atoms with van der Waals surface area (Å²) in [5.41, 5.74) is 0. The van der Waals surface area contributed by atoms with Crippen LogP contribution in [0, 0.1) is 25.7 Å². The molecule has 0 amide bonds. The molecule has 1 aromatic heterocycles. The second-order valence-corrected chi connectivity index (χ2v) is 8.61. The molecule has 7 heteroatoms. The summed E-state index contributed by atoms with van der Waals surface area (Å²) in [6, 6.07) is 0.757. The maximum atomic E-state index is 12.6. The van der Waals surface area contributed by atoms with E-state index < -0.39 is 22.0 Å². The van der Waals surface area contributed by atoms with Crippen molar-refractivity contribution in [1.82, 2.24) is 4.31 Å². The number of aliphatic carboxylic acids is 1. The lowest BCUT2D eigenvalue weighted by Gasteiger charge is -2.23. The molecule has 0 radical (unpaired) electrons. The fraction of sp³-hybridized carbons (Fsp3) is 0.583. The van der Waals surface area contributed by atoms with E-state index in [2.05, 4.69) is 0 Å². The maximum Gasteiger partial charge on any atom is 0.322 e. The first-order chi connectivity index (χ1) is 8.82. The highest BCUT2D eigenvalue weighted by Gasteiger charge is 2.59. The Balaban J connectivity index is 2.01. The highest BCUT2D eigenvalue weighted by molar-refractivity contribution is 7.89. The average Bonchev–Trinajstić information content (AvgIpc) is 2.80. The molecule has 1 saturated heterocycles. The zero-order chi connectivity index (χ0) is 13.9. The van der Waals surface area contributed by atoms with Crippen molar-refractivity contribution in [3.8, 4) is 0 Å². The summed E-state index contributed by atoms with van der Waals surface area (Å²) in [4.78, 5) is 13.2. The third-order valence-electron chi connectivity index (χ3n) is 3.94. The zero-order valence-corrected chi connectivity index (χ0v) is 12.3. The van der Waals surface area contributed by atoms with E-state index in [9.17, 15) is 18.3 Å². The lowest BCUT2D eigenvalue weighted by Crippen LogP contribution is -2.43. The molecule has 2 heterocycles. The van der Waals surface area contributed by atoms with Gasteiger partial charge in [-0.1, -0.05) is 0 Å². The van der Waals surface area contributed by atoms with E-state index in [1.54, 1.807) is 13.0 Å². The summed E-state index contributed by atoms with van der Waals surface area (Å²) in [6.45, 7) is 3.96. The monoisotopic (exact) mass is 301 g/mol. The minimum Gasteiger partial charge on any atom is -0.480 e. The first-order valence-electron chi connectivity index (χ1n) is 6.14. The van der Waals surface area contributed by atoms with Gasteiger partial charge in [0.25, 0.3) is 0 Å². The van der Waals surface area contributed by atoms with Crippen molar-refractivity contribution in [2.24, 2.45) is 11.8 Å². The zero-order valence-electron chi connectivity index (χ0n) is 10.7. The molecule has 19 heavy (non-hydrogen) atoms. The summed E-state index contributed by atoms with van der Waals surface area (Å²) in [6.07, 6.45) is 0.838. The van der Waals surface area contributed by atoms with E-state index in [0.717, 1.165) is 16.2 Å². The van der Waals surface area contributed by atoms with Crippen molar-refractivity contribution in [2.45, 2.75) is 31.2 Å². The van der Waals surface area contributed by atoms with E-state index in [0.29, 0.717) is 6.54 Å². The molecule has 1 saturated carbocycles. The number of sulfonamides is 1. The van der Waals surface area contributed by atoms with Gasteiger partial charge in [-0.3, -0.25) is 4.79 Å². The van der Waals surface area contributed by atoms with Gasteiger partial charge in [0, 0.05) is 16.3 Å². The number of nitrogens with zero attached hydrogens (tertiary/aromatic N) is 1. The van der Waals surface area contributed by atoms with E-state index in [1.807, 2.05) is 6.92 Å². The highest BCUT2D eigenvalue weighted by atomic mass is 32.2. The van der Waals surface area contributed by atoms with Crippen LogP contribution in [0.2, 0.25) is 0 Å². The number of carboxylic acids is 1. The summed E-state index contributed by atoms with van der Waals surface area (Å²) < 4.78 is 26.4. The molecule has 2 fully saturated rings. The van der Waals surface area contributed by atoms with E-state index >= 15 is 0 Å². The molecule has 104 valence electrons. The number of piperidine rings is 1. The first kappa shape index (κ1) is 13.1. The van der Waals surface area contributed by atoms with Crippen molar-refractivity contribution in [1.29, 1.82) is 0 Å². The number of carbonyl (C=O) groups is 1. The van der Waals surface area contributed by atoms with Crippen LogP contribution in [0.25, 0.3) is 0 Å². The van der Waals surface area contributed by atoms with Gasteiger partial charge in [0.15, 0.2) is 0 Å². The molecule has 0 aromatic carbocycles. The van der Waals surface area contributed by atoms with Gasteiger partial charge in [0.1, 0.15) is 6.04 Å². The van der Waals surface area contributed by atoms with Crippen LogP contribution < -0.4 is 0 Å². The fourth-order valence-corrected chi connectivity index (χ4v) is 6.18. The van der Waals surface area contributed by atoms with Crippen LogP contribution >= 0.6 is 11.3 Å². The lowest BCUT2D eigenvalue weighted by molar-refractivity contribution is -0.141. The topological polar surface area (TPSA) is 74.7 Å². The number of rotatable bonds is 3. The van der Waals surface area contributed by atoms with Gasteiger partial charge >= 0.3 is 5.97 Å². The number of fused-ring (bicyclic) bond motifs is 1. The molecular weight excluding hydrogens is 286 g/mol. The van der Waals surface area contributed by atoms with Crippen LogP contribution in [0.4, 0.5) is 0 Å². The van der Waals surface area contributed by atoms with Gasteiger partial charge in [0.05, 0.1) is 4.90 Å². The van der Waals surface area contributed by atoms with Gasteiger partial charge < -0.3 is 5.11 Å². The van der Waals surface area contributed by atoms with Crippen molar-refractivity contribution >= 4 is 27.3 Å². The van der Waals surface area contributed by atoms with Crippen molar-refractivity contribution in [3.05, 3.63) is 15.8 Å². The molecule has 3 atom stereocenters. The SMILES string of the molecule is Cc1cc(S(=O)(=O)N2C[C@@H]3C[C@@H]3[C@@H]2C(=O)O)c(C)s1. The third-order valence-corrected chi connectivity index (χ3v) is 7.01. The summed E-state index contributed by atoms with van der Waals surface area (Å²) in [5, 5.41) is 9.26. The third kappa shape index (κ3) is 1.91. The lowest BCUT2D eigenvalue weighted by atomic mass is 10.2. The number of carboxylic acid groups (broad SMARTS) is 1. The standard InChI is InChI=1S/C12H15NO4S2/c1-6-3-10(7(2)18-6)19(16,17)13-5-8-4-9(8)11(13)12(14)15/h3,8-9,11H,4-5H2,1-2H3,(H,14,15)/t8-,9-,11+/m0/s1. The summed E-state index contributed by atoms with van der Waals surface area (Å²) in [7, 11) is -3.68. The molecule has 1 aliphatic heterocycles. The Labute approximate surface area is 115 Å². The van der Waals surface area contributed by atoms with Crippen LogP contribution in [0.1, 0.15) is 16.2 Å². The predicted octanol–water partition coefficient (Wildman–Crippen LogP) is 1.46. The minimum absolute atomic E-state index is 0.00677. The second kappa shape index (κ2) is 4.04.